The highest BCUT2D eigenvalue weighted by molar-refractivity contribution is 7.14. The van der Waals surface area contributed by atoms with E-state index in [1.165, 1.54) is 22.4 Å². The van der Waals surface area contributed by atoms with Crippen LogP contribution in [-0.2, 0) is 6.54 Å². The van der Waals surface area contributed by atoms with E-state index in [1.807, 2.05) is 0 Å². The Bertz CT molecular complexity index is 561. The van der Waals surface area contributed by atoms with Gasteiger partial charge in [-0.1, -0.05) is 38.1 Å². The van der Waals surface area contributed by atoms with E-state index in [9.17, 15) is 4.79 Å². The summed E-state index contributed by atoms with van der Waals surface area (Å²) >= 11 is 1.30. The number of aromatic nitrogens is 1. The summed E-state index contributed by atoms with van der Waals surface area (Å²) in [7, 11) is 0. The van der Waals surface area contributed by atoms with E-state index in [4.69, 9.17) is 5.11 Å². The first kappa shape index (κ1) is 13.5. The van der Waals surface area contributed by atoms with Crippen molar-refractivity contribution in [2.45, 2.75) is 26.3 Å². The number of hydrogen-bond acceptors (Lipinski definition) is 4. The van der Waals surface area contributed by atoms with Gasteiger partial charge in [-0.2, -0.15) is 0 Å². The molecule has 2 N–H and O–H groups in total. The highest BCUT2D eigenvalue weighted by Gasteiger charge is 2.12. The monoisotopic (exact) mass is 276 g/mol. The minimum absolute atomic E-state index is 0.0869. The van der Waals surface area contributed by atoms with E-state index in [2.05, 4.69) is 48.4 Å². The zero-order valence-corrected chi connectivity index (χ0v) is 11.7. The molecular weight excluding hydrogens is 260 g/mol. The Morgan fingerprint density at radius 2 is 2.05 bits per heavy atom. The Morgan fingerprint density at radius 1 is 1.37 bits per heavy atom. The Hall–Kier alpha value is -1.88. The van der Waals surface area contributed by atoms with Crippen LogP contribution in [0.3, 0.4) is 0 Å². The quantitative estimate of drug-likeness (QED) is 0.876. The van der Waals surface area contributed by atoms with Crippen molar-refractivity contribution < 1.29 is 9.90 Å². The number of anilines is 1. The van der Waals surface area contributed by atoms with E-state index < -0.39 is 5.97 Å². The smallest absolute Gasteiger partial charge is 0.357 e. The summed E-state index contributed by atoms with van der Waals surface area (Å²) in [5.74, 6) is -0.485. The second-order valence-corrected chi connectivity index (χ2v) is 5.44. The fraction of sp³-hybridized carbons (Fsp3) is 0.286. The van der Waals surface area contributed by atoms with Crippen LogP contribution >= 0.6 is 11.3 Å². The highest BCUT2D eigenvalue weighted by atomic mass is 32.1. The lowest BCUT2D eigenvalue weighted by Gasteiger charge is -2.08. The molecule has 0 spiro atoms. The second-order valence-electron chi connectivity index (χ2n) is 4.59. The van der Waals surface area contributed by atoms with Gasteiger partial charge in [0.05, 0.1) is 5.51 Å². The molecule has 1 aromatic carbocycles. The normalized spacial score (nSPS) is 10.7. The third-order valence-corrected chi connectivity index (χ3v) is 3.65. The largest absolute Gasteiger partial charge is 0.476 e. The molecule has 0 amide bonds. The molecule has 2 aromatic rings. The van der Waals surface area contributed by atoms with Crippen molar-refractivity contribution in [1.82, 2.24) is 4.98 Å². The molecule has 5 heteroatoms. The number of aromatic carboxylic acids is 1. The van der Waals surface area contributed by atoms with Gasteiger partial charge in [0.15, 0.2) is 5.69 Å². The third-order valence-electron chi connectivity index (χ3n) is 2.87. The molecule has 19 heavy (non-hydrogen) atoms. The lowest BCUT2D eigenvalue weighted by Crippen LogP contribution is -2.04. The summed E-state index contributed by atoms with van der Waals surface area (Å²) in [6.07, 6.45) is 0. The highest BCUT2D eigenvalue weighted by Crippen LogP contribution is 2.21. The number of carboxylic acids is 1. The molecule has 0 bridgehead atoms. The zero-order chi connectivity index (χ0) is 13.8. The van der Waals surface area contributed by atoms with Gasteiger partial charge in [-0.3, -0.25) is 0 Å². The molecule has 0 unspecified atom stereocenters. The molecule has 2 rings (SSSR count). The molecule has 0 aliphatic heterocycles. The lowest BCUT2D eigenvalue weighted by molar-refractivity contribution is 0.0692. The van der Waals surface area contributed by atoms with Gasteiger partial charge in [0.25, 0.3) is 0 Å². The molecule has 0 saturated heterocycles. The van der Waals surface area contributed by atoms with Crippen LogP contribution in [0, 0.1) is 0 Å². The van der Waals surface area contributed by atoms with Crippen LogP contribution in [0.4, 0.5) is 5.00 Å². The number of hydrogen-bond donors (Lipinski definition) is 2. The van der Waals surface area contributed by atoms with Gasteiger partial charge in [0.2, 0.25) is 0 Å². The minimum Gasteiger partial charge on any atom is -0.476 e. The number of carboxylic acid groups (broad SMARTS) is 1. The number of carbonyl (C=O) groups is 1. The van der Waals surface area contributed by atoms with Crippen molar-refractivity contribution in [3.8, 4) is 0 Å². The Morgan fingerprint density at radius 3 is 2.63 bits per heavy atom. The van der Waals surface area contributed by atoms with Crippen LogP contribution < -0.4 is 5.32 Å². The van der Waals surface area contributed by atoms with Crippen LogP contribution in [-0.4, -0.2) is 16.1 Å². The molecule has 0 atom stereocenters. The van der Waals surface area contributed by atoms with Gasteiger partial charge in [-0.15, -0.1) is 11.3 Å². The first-order valence-corrected chi connectivity index (χ1v) is 6.95. The predicted octanol–water partition coefficient (Wildman–Crippen LogP) is 3.58. The molecule has 0 aliphatic rings. The maximum absolute atomic E-state index is 10.9. The lowest BCUT2D eigenvalue weighted by atomic mass is 10.0. The molecule has 100 valence electrons. The van der Waals surface area contributed by atoms with E-state index in [0.717, 1.165) is 5.56 Å². The summed E-state index contributed by atoms with van der Waals surface area (Å²) in [5, 5.41) is 12.7. The van der Waals surface area contributed by atoms with Gasteiger partial charge in [0.1, 0.15) is 5.00 Å². The standard InChI is InChI=1S/C14H16N2O2S/c1-9(2)11-5-3-10(4-6-11)7-15-13-12(14(17)18)16-8-19-13/h3-6,8-9,15H,7H2,1-2H3,(H,17,18). The molecule has 1 aromatic heterocycles. The number of benzene rings is 1. The van der Waals surface area contributed by atoms with E-state index in [0.29, 0.717) is 17.5 Å². The molecule has 0 radical (unpaired) electrons. The fourth-order valence-corrected chi connectivity index (χ4v) is 2.40. The van der Waals surface area contributed by atoms with Crippen molar-refractivity contribution in [1.29, 1.82) is 0 Å². The Kier molecular flexibility index (Phi) is 4.16. The molecule has 0 fully saturated rings. The van der Waals surface area contributed by atoms with E-state index >= 15 is 0 Å². The molecule has 4 nitrogen and oxygen atoms in total. The first-order valence-electron chi connectivity index (χ1n) is 6.07. The summed E-state index contributed by atoms with van der Waals surface area (Å²) in [4.78, 5) is 14.7. The minimum atomic E-state index is -1.00. The maximum Gasteiger partial charge on any atom is 0.357 e. The van der Waals surface area contributed by atoms with Gasteiger partial charge in [0, 0.05) is 6.54 Å². The van der Waals surface area contributed by atoms with Crippen molar-refractivity contribution >= 4 is 22.3 Å². The van der Waals surface area contributed by atoms with Gasteiger partial charge in [-0.05, 0) is 17.0 Å². The SMILES string of the molecule is CC(C)c1ccc(CNc2scnc2C(=O)O)cc1. The number of rotatable bonds is 5. The number of thiazole rings is 1. The molecule has 0 aliphatic carbocycles. The number of nitrogens with zero attached hydrogens (tertiary/aromatic N) is 1. The number of nitrogens with one attached hydrogen (secondary N) is 1. The van der Waals surface area contributed by atoms with E-state index in [1.54, 1.807) is 0 Å². The first-order chi connectivity index (χ1) is 9.08. The Labute approximate surface area is 116 Å². The van der Waals surface area contributed by atoms with Crippen molar-refractivity contribution in [2.75, 3.05) is 5.32 Å². The summed E-state index contributed by atoms with van der Waals surface area (Å²) in [5.41, 5.74) is 4.04. The van der Waals surface area contributed by atoms with E-state index in [-0.39, 0.29) is 5.69 Å². The second kappa shape index (κ2) is 5.84. The summed E-state index contributed by atoms with van der Waals surface area (Å²) in [6, 6.07) is 8.33. The summed E-state index contributed by atoms with van der Waals surface area (Å²) in [6.45, 7) is 4.91. The Balaban J connectivity index is 2.02. The van der Waals surface area contributed by atoms with Crippen molar-refractivity contribution in [3.05, 3.63) is 46.6 Å². The molecular formula is C14H16N2O2S. The van der Waals surface area contributed by atoms with Crippen LogP contribution in [0.25, 0.3) is 0 Å². The van der Waals surface area contributed by atoms with Gasteiger partial charge >= 0.3 is 5.97 Å². The average Bonchev–Trinajstić information content (AvgIpc) is 2.85. The summed E-state index contributed by atoms with van der Waals surface area (Å²) < 4.78 is 0. The van der Waals surface area contributed by atoms with Gasteiger partial charge < -0.3 is 10.4 Å². The molecule has 0 saturated carbocycles. The van der Waals surface area contributed by atoms with Crippen LogP contribution in [0.15, 0.2) is 29.8 Å². The van der Waals surface area contributed by atoms with Crippen LogP contribution in [0.5, 0.6) is 0 Å². The third kappa shape index (κ3) is 3.32. The van der Waals surface area contributed by atoms with Crippen molar-refractivity contribution in [2.24, 2.45) is 0 Å². The molecule has 1 heterocycles. The fourth-order valence-electron chi connectivity index (χ4n) is 1.73. The predicted molar refractivity (Wildman–Crippen MR) is 76.9 cm³/mol. The van der Waals surface area contributed by atoms with Crippen LogP contribution in [0.2, 0.25) is 0 Å². The zero-order valence-electron chi connectivity index (χ0n) is 10.9. The topological polar surface area (TPSA) is 62.2 Å². The van der Waals surface area contributed by atoms with Gasteiger partial charge in [-0.25, -0.2) is 9.78 Å². The van der Waals surface area contributed by atoms with Crippen LogP contribution in [0.1, 0.15) is 41.4 Å². The maximum atomic E-state index is 10.9. The van der Waals surface area contributed by atoms with Crippen molar-refractivity contribution in [3.63, 3.8) is 0 Å². The average molecular weight is 276 g/mol.